The Bertz CT molecular complexity index is 922. The summed E-state index contributed by atoms with van der Waals surface area (Å²) < 4.78 is 11.4. The molecule has 0 radical (unpaired) electrons. The smallest absolute Gasteiger partial charge is 0.244 e. The number of nitrogens with one attached hydrogen (secondary N) is 1. The largest absolute Gasteiger partial charge is 0.492 e. The zero-order chi connectivity index (χ0) is 19.6. The highest BCUT2D eigenvalue weighted by atomic mass is 32.1. The lowest BCUT2D eigenvalue weighted by atomic mass is 10.2. The molecule has 1 aromatic heterocycles. The van der Waals surface area contributed by atoms with Crippen molar-refractivity contribution in [1.82, 2.24) is 10.3 Å². The van der Waals surface area contributed by atoms with Crippen molar-refractivity contribution in [3.05, 3.63) is 82.3 Å². The normalized spacial score (nSPS) is 10.8. The first kappa shape index (κ1) is 19.6. The third-order valence-corrected chi connectivity index (χ3v) is 4.61. The molecule has 0 spiro atoms. The first-order valence-electron chi connectivity index (χ1n) is 8.97. The minimum absolute atomic E-state index is 0.179. The van der Waals surface area contributed by atoms with Gasteiger partial charge in [0.1, 0.15) is 24.7 Å². The van der Waals surface area contributed by atoms with Gasteiger partial charge in [0.15, 0.2) is 0 Å². The third kappa shape index (κ3) is 6.25. The topological polar surface area (TPSA) is 60.5 Å². The number of nitrogens with zero attached hydrogens (tertiary/aromatic N) is 1. The molecule has 0 saturated carbocycles. The summed E-state index contributed by atoms with van der Waals surface area (Å²) in [7, 11) is 0. The van der Waals surface area contributed by atoms with Crippen molar-refractivity contribution in [3.63, 3.8) is 0 Å². The van der Waals surface area contributed by atoms with Crippen LogP contribution in [-0.4, -0.2) is 24.0 Å². The van der Waals surface area contributed by atoms with Gasteiger partial charge in [-0.15, -0.1) is 11.3 Å². The standard InChI is InChI=1S/C22H22N2O3S/c1-17-24-19(16-28-17)15-27-21-10-6-5-7-18(21)11-12-22(25)23-13-14-26-20-8-3-2-4-9-20/h2-12,16H,13-15H2,1H3,(H,23,25)/b12-11+. The van der Waals surface area contributed by atoms with Crippen LogP contribution in [0.25, 0.3) is 6.08 Å². The number of thiazole rings is 1. The monoisotopic (exact) mass is 394 g/mol. The van der Waals surface area contributed by atoms with Crippen molar-refractivity contribution in [3.8, 4) is 11.5 Å². The van der Waals surface area contributed by atoms with E-state index in [0.717, 1.165) is 22.0 Å². The second-order valence-electron chi connectivity index (χ2n) is 5.97. The van der Waals surface area contributed by atoms with Gasteiger partial charge in [0.05, 0.1) is 17.2 Å². The zero-order valence-electron chi connectivity index (χ0n) is 15.6. The predicted octanol–water partition coefficient (Wildman–Crippen LogP) is 4.24. The molecule has 0 saturated heterocycles. The number of aromatic nitrogens is 1. The van der Waals surface area contributed by atoms with Crippen LogP contribution in [0.2, 0.25) is 0 Å². The van der Waals surface area contributed by atoms with Crippen LogP contribution in [-0.2, 0) is 11.4 Å². The molecule has 0 fully saturated rings. The highest BCUT2D eigenvalue weighted by Crippen LogP contribution is 2.21. The lowest BCUT2D eigenvalue weighted by molar-refractivity contribution is -0.116. The summed E-state index contributed by atoms with van der Waals surface area (Å²) in [6, 6.07) is 17.1. The van der Waals surface area contributed by atoms with Crippen molar-refractivity contribution >= 4 is 23.3 Å². The number of amides is 1. The van der Waals surface area contributed by atoms with Gasteiger partial charge < -0.3 is 14.8 Å². The summed E-state index contributed by atoms with van der Waals surface area (Å²) in [5.74, 6) is 1.32. The Morgan fingerprint density at radius 3 is 2.68 bits per heavy atom. The van der Waals surface area contributed by atoms with Crippen molar-refractivity contribution in [2.75, 3.05) is 13.2 Å². The maximum atomic E-state index is 12.0. The molecule has 5 nitrogen and oxygen atoms in total. The van der Waals surface area contributed by atoms with E-state index in [2.05, 4.69) is 10.3 Å². The van der Waals surface area contributed by atoms with Gasteiger partial charge >= 0.3 is 0 Å². The molecular weight excluding hydrogens is 372 g/mol. The van der Waals surface area contributed by atoms with E-state index < -0.39 is 0 Å². The maximum Gasteiger partial charge on any atom is 0.244 e. The molecule has 0 aliphatic heterocycles. The molecule has 28 heavy (non-hydrogen) atoms. The number of hydrogen-bond acceptors (Lipinski definition) is 5. The highest BCUT2D eigenvalue weighted by Gasteiger charge is 2.04. The van der Waals surface area contributed by atoms with Crippen LogP contribution in [0.15, 0.2) is 66.1 Å². The Labute approximate surface area is 168 Å². The van der Waals surface area contributed by atoms with E-state index in [0.29, 0.717) is 25.5 Å². The third-order valence-electron chi connectivity index (χ3n) is 3.79. The van der Waals surface area contributed by atoms with Gasteiger partial charge in [-0.25, -0.2) is 4.98 Å². The quantitative estimate of drug-likeness (QED) is 0.436. The molecule has 0 aliphatic carbocycles. The minimum Gasteiger partial charge on any atom is -0.492 e. The Hall–Kier alpha value is -3.12. The Morgan fingerprint density at radius 2 is 1.89 bits per heavy atom. The number of rotatable bonds is 9. The van der Waals surface area contributed by atoms with E-state index in [-0.39, 0.29) is 5.91 Å². The van der Waals surface area contributed by atoms with Crippen molar-refractivity contribution in [2.24, 2.45) is 0 Å². The van der Waals surface area contributed by atoms with Crippen molar-refractivity contribution in [1.29, 1.82) is 0 Å². The van der Waals surface area contributed by atoms with E-state index in [4.69, 9.17) is 9.47 Å². The van der Waals surface area contributed by atoms with E-state index in [1.54, 1.807) is 17.4 Å². The van der Waals surface area contributed by atoms with Gasteiger partial charge in [-0.2, -0.15) is 0 Å². The van der Waals surface area contributed by atoms with Crippen LogP contribution in [0.5, 0.6) is 11.5 Å². The summed E-state index contributed by atoms with van der Waals surface area (Å²) in [5, 5.41) is 5.80. The van der Waals surface area contributed by atoms with Crippen LogP contribution in [0.3, 0.4) is 0 Å². The average Bonchev–Trinajstić information content (AvgIpc) is 3.14. The first-order valence-corrected chi connectivity index (χ1v) is 9.85. The summed E-state index contributed by atoms with van der Waals surface area (Å²) in [5.41, 5.74) is 1.74. The van der Waals surface area contributed by atoms with Crippen LogP contribution in [0, 0.1) is 6.92 Å². The zero-order valence-corrected chi connectivity index (χ0v) is 16.4. The molecule has 2 aromatic carbocycles. The average molecular weight is 394 g/mol. The molecule has 3 rings (SSSR count). The molecule has 0 bridgehead atoms. The predicted molar refractivity (Wildman–Crippen MR) is 112 cm³/mol. The summed E-state index contributed by atoms with van der Waals surface area (Å²) in [4.78, 5) is 16.4. The number of carbonyl (C=O) groups excluding carboxylic acids is 1. The molecule has 144 valence electrons. The summed E-state index contributed by atoms with van der Waals surface area (Å²) >= 11 is 1.60. The summed E-state index contributed by atoms with van der Waals surface area (Å²) in [6.07, 6.45) is 3.24. The molecule has 3 aromatic rings. The lowest BCUT2D eigenvalue weighted by Crippen LogP contribution is -2.26. The van der Waals surface area contributed by atoms with Gasteiger partial charge in [0.25, 0.3) is 0 Å². The molecular formula is C22H22N2O3S. The Kier molecular flexibility index (Phi) is 7.21. The molecule has 1 heterocycles. The van der Waals surface area contributed by atoms with E-state index in [1.165, 1.54) is 6.08 Å². The van der Waals surface area contributed by atoms with Crippen LogP contribution < -0.4 is 14.8 Å². The minimum atomic E-state index is -0.179. The van der Waals surface area contributed by atoms with Gasteiger partial charge in [0, 0.05) is 17.0 Å². The fourth-order valence-electron chi connectivity index (χ4n) is 2.46. The molecule has 0 unspecified atom stereocenters. The summed E-state index contributed by atoms with van der Waals surface area (Å²) in [6.45, 7) is 3.21. The fourth-order valence-corrected chi connectivity index (χ4v) is 3.06. The van der Waals surface area contributed by atoms with E-state index >= 15 is 0 Å². The van der Waals surface area contributed by atoms with Gasteiger partial charge in [-0.3, -0.25) is 4.79 Å². The van der Waals surface area contributed by atoms with E-state index in [9.17, 15) is 4.79 Å². The molecule has 1 amide bonds. The van der Waals surface area contributed by atoms with Crippen LogP contribution in [0.4, 0.5) is 0 Å². The second-order valence-corrected chi connectivity index (χ2v) is 7.03. The lowest BCUT2D eigenvalue weighted by Gasteiger charge is -2.08. The number of carbonyl (C=O) groups is 1. The van der Waals surface area contributed by atoms with Gasteiger partial charge in [0.2, 0.25) is 5.91 Å². The number of para-hydroxylation sites is 2. The van der Waals surface area contributed by atoms with Crippen LogP contribution >= 0.6 is 11.3 Å². The Morgan fingerprint density at radius 1 is 1.11 bits per heavy atom. The fraction of sp³-hybridized carbons (Fsp3) is 0.182. The molecule has 0 atom stereocenters. The highest BCUT2D eigenvalue weighted by molar-refractivity contribution is 7.09. The van der Waals surface area contributed by atoms with Crippen molar-refractivity contribution < 1.29 is 14.3 Å². The first-order chi connectivity index (χ1) is 13.7. The number of benzene rings is 2. The second kappa shape index (κ2) is 10.3. The Balaban J connectivity index is 1.47. The van der Waals surface area contributed by atoms with Gasteiger partial charge in [-0.1, -0.05) is 36.4 Å². The van der Waals surface area contributed by atoms with E-state index in [1.807, 2.05) is 66.9 Å². The number of hydrogen-bond donors (Lipinski definition) is 1. The molecule has 0 aliphatic rings. The molecule has 6 heteroatoms. The number of aryl methyl sites for hydroxylation is 1. The van der Waals surface area contributed by atoms with Gasteiger partial charge in [-0.05, 0) is 31.2 Å². The molecule has 1 N–H and O–H groups in total. The number of ether oxygens (including phenoxy) is 2. The van der Waals surface area contributed by atoms with Crippen molar-refractivity contribution in [2.45, 2.75) is 13.5 Å². The van der Waals surface area contributed by atoms with Crippen LogP contribution in [0.1, 0.15) is 16.3 Å². The maximum absolute atomic E-state index is 12.0. The SMILES string of the molecule is Cc1nc(COc2ccccc2/C=C/C(=O)NCCOc2ccccc2)cs1.